The molecule has 7 atom stereocenters. The fourth-order valence-corrected chi connectivity index (χ4v) is 7.36. The molecule has 1 spiro atoms. The summed E-state index contributed by atoms with van der Waals surface area (Å²) in [5, 5.41) is 10.9. The van der Waals surface area contributed by atoms with Crippen molar-refractivity contribution in [1.82, 2.24) is 4.90 Å². The minimum absolute atomic E-state index is 0.154. The van der Waals surface area contributed by atoms with Crippen molar-refractivity contribution in [3.05, 3.63) is 41.9 Å². The van der Waals surface area contributed by atoms with Gasteiger partial charge in [0.25, 0.3) is 5.91 Å². The Morgan fingerprint density at radius 1 is 1.38 bits per heavy atom. The van der Waals surface area contributed by atoms with Crippen molar-refractivity contribution < 1.29 is 29.0 Å². The third-order valence-corrected chi connectivity index (χ3v) is 8.68. The maximum Gasteiger partial charge on any atom is 0.312 e. The van der Waals surface area contributed by atoms with Crippen LogP contribution < -0.4 is 4.90 Å². The molecule has 1 N–H and O–H groups in total. The van der Waals surface area contributed by atoms with Crippen LogP contribution in [0.25, 0.3) is 0 Å². The third kappa shape index (κ3) is 4.73. The molecule has 2 bridgehead atoms. The molecule has 37 heavy (non-hydrogen) atoms. The van der Waals surface area contributed by atoms with E-state index in [9.17, 15) is 19.5 Å². The molecule has 3 unspecified atom stereocenters. The van der Waals surface area contributed by atoms with Crippen LogP contribution in [0.5, 0.6) is 0 Å². The van der Waals surface area contributed by atoms with Crippen molar-refractivity contribution in [3.8, 4) is 0 Å². The molecule has 10 heteroatoms. The second-order valence-electron chi connectivity index (χ2n) is 10.3. The normalized spacial score (nSPS) is 30.9. The first-order chi connectivity index (χ1) is 17.6. The van der Waals surface area contributed by atoms with Gasteiger partial charge in [0, 0.05) is 22.1 Å². The van der Waals surface area contributed by atoms with E-state index in [0.717, 1.165) is 0 Å². The van der Waals surface area contributed by atoms with Gasteiger partial charge in [-0.3, -0.25) is 14.4 Å². The number of benzene rings is 1. The molecule has 3 aliphatic heterocycles. The van der Waals surface area contributed by atoms with E-state index in [1.165, 1.54) is 4.90 Å². The van der Waals surface area contributed by atoms with Crippen LogP contribution in [0.2, 0.25) is 5.02 Å². The molecule has 3 heterocycles. The summed E-state index contributed by atoms with van der Waals surface area (Å²) in [4.78, 5) is 44.5. The number of fused-ring (bicyclic) bond motifs is 1. The predicted molar refractivity (Wildman–Crippen MR) is 144 cm³/mol. The lowest BCUT2D eigenvalue weighted by molar-refractivity contribution is -0.155. The van der Waals surface area contributed by atoms with Crippen LogP contribution in [0.4, 0.5) is 5.69 Å². The van der Waals surface area contributed by atoms with E-state index in [0.29, 0.717) is 23.6 Å². The zero-order chi connectivity index (χ0) is 27.1. The Morgan fingerprint density at radius 2 is 2.05 bits per heavy atom. The number of aliphatic hydroxyl groups excluding tert-OH is 1. The van der Waals surface area contributed by atoms with Crippen LogP contribution in [-0.2, 0) is 23.9 Å². The number of esters is 1. The highest BCUT2D eigenvalue weighted by Gasteiger charge is 2.77. The number of alkyl halides is 1. The largest absolute Gasteiger partial charge is 0.466 e. The SMILES string of the molecule is C=CCN(C(=O)C1N([C@@H](CO)CC(C)C)C(=O)[C@@H]2[C@@H](C(=O)OCC)[C@@H]3OC12CC3Br)c1ccc(Cl)cc1. The number of amides is 2. The highest BCUT2D eigenvalue weighted by atomic mass is 79.9. The summed E-state index contributed by atoms with van der Waals surface area (Å²) in [7, 11) is 0. The number of hydrogen-bond acceptors (Lipinski definition) is 6. The number of nitrogens with zero attached hydrogens (tertiary/aromatic N) is 2. The molecule has 0 aromatic heterocycles. The molecule has 0 aliphatic carbocycles. The van der Waals surface area contributed by atoms with Crippen molar-refractivity contribution in [3.63, 3.8) is 0 Å². The lowest BCUT2D eigenvalue weighted by Crippen LogP contribution is -2.59. The number of hydrogen-bond donors (Lipinski definition) is 1. The molecule has 3 aliphatic rings. The molecule has 202 valence electrons. The summed E-state index contributed by atoms with van der Waals surface area (Å²) in [6, 6.07) is 5.20. The number of ether oxygens (including phenoxy) is 2. The van der Waals surface area contributed by atoms with E-state index in [1.807, 2.05) is 13.8 Å². The minimum Gasteiger partial charge on any atom is -0.466 e. The minimum atomic E-state index is -1.24. The molecule has 2 amide bonds. The summed E-state index contributed by atoms with van der Waals surface area (Å²) >= 11 is 9.74. The Kier molecular flexibility index (Phi) is 8.38. The molecular weight excluding hydrogens is 564 g/mol. The Hall–Kier alpha value is -1.94. The Balaban J connectivity index is 1.84. The smallest absolute Gasteiger partial charge is 0.312 e. The van der Waals surface area contributed by atoms with Gasteiger partial charge in [-0.15, -0.1) is 6.58 Å². The molecular formula is C27H34BrClN2O6. The van der Waals surface area contributed by atoms with Crippen LogP contribution in [0.1, 0.15) is 33.6 Å². The van der Waals surface area contributed by atoms with Gasteiger partial charge in [0.2, 0.25) is 5.91 Å². The van der Waals surface area contributed by atoms with E-state index in [-0.39, 0.29) is 42.3 Å². The Morgan fingerprint density at radius 3 is 2.62 bits per heavy atom. The van der Waals surface area contributed by atoms with E-state index < -0.39 is 41.6 Å². The number of carbonyl (C=O) groups excluding carboxylic acids is 3. The van der Waals surface area contributed by atoms with E-state index in [2.05, 4.69) is 22.5 Å². The Bertz CT molecular complexity index is 1050. The van der Waals surface area contributed by atoms with E-state index >= 15 is 0 Å². The fourth-order valence-electron chi connectivity index (χ4n) is 6.29. The van der Waals surface area contributed by atoms with Gasteiger partial charge in [-0.25, -0.2) is 0 Å². The second-order valence-corrected chi connectivity index (χ2v) is 12.0. The highest BCUT2D eigenvalue weighted by molar-refractivity contribution is 9.09. The van der Waals surface area contributed by atoms with Crippen LogP contribution in [0.15, 0.2) is 36.9 Å². The van der Waals surface area contributed by atoms with Gasteiger partial charge in [0.1, 0.15) is 11.6 Å². The van der Waals surface area contributed by atoms with Gasteiger partial charge < -0.3 is 24.4 Å². The van der Waals surface area contributed by atoms with Gasteiger partial charge in [-0.05, 0) is 49.9 Å². The first-order valence-electron chi connectivity index (χ1n) is 12.7. The molecule has 4 rings (SSSR count). The summed E-state index contributed by atoms with van der Waals surface area (Å²) in [5.74, 6) is -2.78. The first kappa shape index (κ1) is 28.1. The Labute approximate surface area is 231 Å². The van der Waals surface area contributed by atoms with Crippen molar-refractivity contribution in [2.75, 3.05) is 24.7 Å². The fraction of sp³-hybridized carbons (Fsp3) is 0.593. The maximum atomic E-state index is 14.5. The number of rotatable bonds is 10. The van der Waals surface area contributed by atoms with Crippen molar-refractivity contribution in [2.45, 2.75) is 62.2 Å². The van der Waals surface area contributed by atoms with E-state index in [1.54, 1.807) is 42.2 Å². The number of carbonyl (C=O) groups is 3. The zero-order valence-electron chi connectivity index (χ0n) is 21.3. The topological polar surface area (TPSA) is 96.4 Å². The molecule has 0 radical (unpaired) electrons. The van der Waals surface area contributed by atoms with E-state index in [4.69, 9.17) is 21.1 Å². The zero-order valence-corrected chi connectivity index (χ0v) is 23.7. The van der Waals surface area contributed by atoms with Gasteiger partial charge >= 0.3 is 5.97 Å². The standard InChI is InChI=1S/C27H34BrClN2O6/c1-5-11-30(17-9-7-16(29)8-10-17)25(34)23-27-13-19(28)22(37-27)20(26(35)36-6-2)21(27)24(33)31(23)18(14-32)12-15(3)4/h5,7-10,15,18-23,32H,1,6,11-14H2,2-4H3/t18-,19?,20-,21+,22-,23?,27?/m1/s1. The van der Waals surface area contributed by atoms with Gasteiger partial charge in [-0.2, -0.15) is 0 Å². The number of halogens is 2. The summed E-state index contributed by atoms with van der Waals surface area (Å²) < 4.78 is 11.9. The number of likely N-dealkylation sites (tertiary alicyclic amines) is 1. The lowest BCUT2D eigenvalue weighted by atomic mass is 9.70. The average Bonchev–Trinajstić information content (AvgIpc) is 3.45. The van der Waals surface area contributed by atoms with Crippen LogP contribution >= 0.6 is 27.5 Å². The van der Waals surface area contributed by atoms with Gasteiger partial charge in [0.15, 0.2) is 0 Å². The quantitative estimate of drug-likeness (QED) is 0.252. The summed E-state index contributed by atoms with van der Waals surface area (Å²) in [6.45, 7) is 9.57. The maximum absolute atomic E-state index is 14.5. The lowest BCUT2D eigenvalue weighted by Gasteiger charge is -2.39. The summed E-state index contributed by atoms with van der Waals surface area (Å²) in [5.41, 5.74) is -0.642. The van der Waals surface area contributed by atoms with Crippen LogP contribution in [-0.4, -0.2) is 76.2 Å². The average molecular weight is 598 g/mol. The molecule has 3 saturated heterocycles. The number of anilines is 1. The molecule has 1 aromatic carbocycles. The first-order valence-corrected chi connectivity index (χ1v) is 14.0. The summed E-state index contributed by atoms with van der Waals surface area (Å²) in [6.07, 6.45) is 1.88. The van der Waals surface area contributed by atoms with Gasteiger partial charge in [-0.1, -0.05) is 47.5 Å². The number of aliphatic hydroxyl groups is 1. The van der Waals surface area contributed by atoms with Crippen molar-refractivity contribution in [1.29, 1.82) is 0 Å². The monoisotopic (exact) mass is 596 g/mol. The highest BCUT2D eigenvalue weighted by Crippen LogP contribution is 2.61. The van der Waals surface area contributed by atoms with Crippen LogP contribution in [0, 0.1) is 17.8 Å². The third-order valence-electron chi connectivity index (χ3n) is 7.58. The van der Waals surface area contributed by atoms with Gasteiger partial charge in [0.05, 0.1) is 37.2 Å². The molecule has 3 fully saturated rings. The van der Waals surface area contributed by atoms with Crippen molar-refractivity contribution in [2.24, 2.45) is 17.8 Å². The predicted octanol–water partition coefficient (Wildman–Crippen LogP) is 3.58. The second kappa shape index (κ2) is 11.0. The molecule has 0 saturated carbocycles. The van der Waals surface area contributed by atoms with Crippen molar-refractivity contribution >= 4 is 51.0 Å². The molecule has 8 nitrogen and oxygen atoms in total. The molecule has 1 aromatic rings. The van der Waals surface area contributed by atoms with Crippen LogP contribution in [0.3, 0.4) is 0 Å².